The Morgan fingerprint density at radius 3 is 2.43 bits per heavy atom. The quantitative estimate of drug-likeness (QED) is 0.487. The molecule has 0 heterocycles. The first-order chi connectivity index (χ1) is 12.8. The molecule has 0 bridgehead atoms. The number of halogens is 3. The van der Waals surface area contributed by atoms with Gasteiger partial charge < -0.3 is 5.73 Å². The molecule has 158 valence electrons. The first kappa shape index (κ1) is 23.9. The number of nitrogens with one attached hydrogen (secondary N) is 2. The maximum Gasteiger partial charge on any atom is 0.416 e. The molecule has 0 aliphatic carbocycles. The van der Waals surface area contributed by atoms with Crippen molar-refractivity contribution in [1.29, 1.82) is 0 Å². The summed E-state index contributed by atoms with van der Waals surface area (Å²) in [6.07, 6.45) is -5.36. The lowest BCUT2D eigenvalue weighted by molar-refractivity contribution is -0.138. The zero-order valence-corrected chi connectivity index (χ0v) is 16.1. The molecule has 0 saturated carbocycles. The lowest BCUT2D eigenvalue weighted by atomic mass is 10.1. The van der Waals surface area contributed by atoms with E-state index in [0.717, 1.165) is 18.2 Å². The second-order valence-electron chi connectivity index (χ2n) is 6.38. The van der Waals surface area contributed by atoms with Crippen molar-refractivity contribution < 1.29 is 36.0 Å². The highest BCUT2D eigenvalue weighted by Crippen LogP contribution is 2.30. The van der Waals surface area contributed by atoms with E-state index in [0.29, 0.717) is 6.07 Å². The molecule has 0 aliphatic heterocycles. The Balaban J connectivity index is 3.01. The Bertz CT molecular complexity index is 797. The molecule has 0 spiro atoms. The zero-order chi connectivity index (χ0) is 21.5. The van der Waals surface area contributed by atoms with Gasteiger partial charge in [0.1, 0.15) is 6.04 Å². The van der Waals surface area contributed by atoms with E-state index in [1.54, 1.807) is 0 Å². The summed E-state index contributed by atoms with van der Waals surface area (Å²) in [5.41, 5.74) is 5.91. The van der Waals surface area contributed by atoms with E-state index >= 15 is 0 Å². The van der Waals surface area contributed by atoms with E-state index in [9.17, 15) is 31.2 Å². The number of amides is 2. The SMILES string of the molecule is CC(C)CONC(=O)[C@@H](CCC(N)=O)NS(=O)(=O)c1cccc(C(F)(F)F)c1. The van der Waals surface area contributed by atoms with E-state index < -0.39 is 44.5 Å². The highest BCUT2D eigenvalue weighted by Gasteiger charge is 2.32. The number of rotatable bonds is 10. The minimum Gasteiger partial charge on any atom is -0.370 e. The van der Waals surface area contributed by atoms with Crippen molar-refractivity contribution in [2.75, 3.05) is 6.61 Å². The van der Waals surface area contributed by atoms with Crippen molar-refractivity contribution in [2.45, 2.75) is 43.8 Å². The van der Waals surface area contributed by atoms with Crippen molar-refractivity contribution in [3.63, 3.8) is 0 Å². The third kappa shape index (κ3) is 7.82. The van der Waals surface area contributed by atoms with Crippen molar-refractivity contribution in [3.05, 3.63) is 29.8 Å². The van der Waals surface area contributed by atoms with Gasteiger partial charge in [-0.25, -0.2) is 13.9 Å². The number of hydrogen-bond acceptors (Lipinski definition) is 5. The van der Waals surface area contributed by atoms with Gasteiger partial charge in [0.15, 0.2) is 0 Å². The molecular weight excluding hydrogens is 403 g/mol. The van der Waals surface area contributed by atoms with E-state index in [-0.39, 0.29) is 25.4 Å². The number of alkyl halides is 3. The summed E-state index contributed by atoms with van der Waals surface area (Å²) in [5, 5.41) is 0. The highest BCUT2D eigenvalue weighted by atomic mass is 32.2. The number of primary amides is 1. The van der Waals surface area contributed by atoms with Crippen molar-refractivity contribution in [1.82, 2.24) is 10.2 Å². The molecule has 2 amide bonds. The first-order valence-corrected chi connectivity index (χ1v) is 9.70. The summed E-state index contributed by atoms with van der Waals surface area (Å²) >= 11 is 0. The number of carbonyl (C=O) groups excluding carboxylic acids is 2. The van der Waals surface area contributed by atoms with Crippen LogP contribution in [0.3, 0.4) is 0 Å². The number of carbonyl (C=O) groups is 2. The van der Waals surface area contributed by atoms with Gasteiger partial charge >= 0.3 is 6.18 Å². The molecule has 1 rings (SSSR count). The molecule has 0 radical (unpaired) electrons. The summed E-state index contributed by atoms with van der Waals surface area (Å²) in [6.45, 7) is 3.77. The Morgan fingerprint density at radius 1 is 1.25 bits per heavy atom. The number of hydrogen-bond donors (Lipinski definition) is 3. The second kappa shape index (κ2) is 9.85. The number of sulfonamides is 1. The van der Waals surface area contributed by atoms with Crippen LogP contribution >= 0.6 is 0 Å². The van der Waals surface area contributed by atoms with Gasteiger partial charge in [-0.2, -0.15) is 17.9 Å². The number of nitrogens with two attached hydrogens (primary N) is 1. The fourth-order valence-electron chi connectivity index (χ4n) is 1.98. The summed E-state index contributed by atoms with van der Waals surface area (Å²) < 4.78 is 65.3. The van der Waals surface area contributed by atoms with Gasteiger partial charge in [-0.3, -0.25) is 14.4 Å². The van der Waals surface area contributed by atoms with Crippen molar-refractivity contribution in [3.8, 4) is 0 Å². The van der Waals surface area contributed by atoms with Gasteiger partial charge in [0, 0.05) is 6.42 Å². The van der Waals surface area contributed by atoms with Gasteiger partial charge in [-0.05, 0) is 30.5 Å². The van der Waals surface area contributed by atoms with Crippen LogP contribution in [0.1, 0.15) is 32.3 Å². The number of benzene rings is 1. The molecule has 1 aromatic rings. The molecule has 0 aliphatic rings. The zero-order valence-electron chi connectivity index (χ0n) is 15.2. The average Bonchev–Trinajstić information content (AvgIpc) is 2.57. The summed E-state index contributed by atoms with van der Waals surface area (Å²) in [6, 6.07) is 1.58. The van der Waals surface area contributed by atoms with Crippen LogP contribution in [0.5, 0.6) is 0 Å². The maximum atomic E-state index is 12.8. The van der Waals surface area contributed by atoms with Crippen LogP contribution in [0, 0.1) is 5.92 Å². The lowest BCUT2D eigenvalue weighted by Crippen LogP contribution is -2.47. The van der Waals surface area contributed by atoms with Gasteiger partial charge in [0.2, 0.25) is 15.9 Å². The lowest BCUT2D eigenvalue weighted by Gasteiger charge is -2.18. The highest BCUT2D eigenvalue weighted by molar-refractivity contribution is 7.89. The minimum absolute atomic E-state index is 0.0752. The Morgan fingerprint density at radius 2 is 1.89 bits per heavy atom. The summed E-state index contributed by atoms with van der Waals surface area (Å²) in [4.78, 5) is 27.4. The van der Waals surface area contributed by atoms with Gasteiger partial charge in [0.25, 0.3) is 5.91 Å². The largest absolute Gasteiger partial charge is 0.416 e. The fourth-order valence-corrected chi connectivity index (χ4v) is 3.25. The van der Waals surface area contributed by atoms with E-state index in [1.807, 2.05) is 24.0 Å². The monoisotopic (exact) mass is 425 g/mol. The molecular formula is C16H22F3N3O5S. The van der Waals surface area contributed by atoms with E-state index in [1.165, 1.54) is 0 Å². The summed E-state index contributed by atoms with van der Waals surface area (Å²) in [7, 11) is -4.50. The first-order valence-electron chi connectivity index (χ1n) is 8.22. The van der Waals surface area contributed by atoms with Crippen LogP contribution in [0.15, 0.2) is 29.2 Å². The normalized spacial score (nSPS) is 13.4. The Labute approximate surface area is 160 Å². The topological polar surface area (TPSA) is 128 Å². The third-order valence-corrected chi connectivity index (χ3v) is 4.82. The predicted octanol–water partition coefficient (Wildman–Crippen LogP) is 1.32. The van der Waals surface area contributed by atoms with Crippen molar-refractivity contribution in [2.24, 2.45) is 11.7 Å². The predicted molar refractivity (Wildman–Crippen MR) is 92.9 cm³/mol. The second-order valence-corrected chi connectivity index (χ2v) is 8.09. The van der Waals surface area contributed by atoms with E-state index in [2.05, 4.69) is 0 Å². The molecule has 0 saturated heterocycles. The molecule has 0 unspecified atom stereocenters. The molecule has 4 N–H and O–H groups in total. The van der Waals surface area contributed by atoms with Gasteiger partial charge in [-0.15, -0.1) is 0 Å². The maximum absolute atomic E-state index is 12.8. The van der Waals surface area contributed by atoms with Crippen LogP contribution in [0.4, 0.5) is 13.2 Å². The van der Waals surface area contributed by atoms with Gasteiger partial charge in [-0.1, -0.05) is 19.9 Å². The van der Waals surface area contributed by atoms with Crippen molar-refractivity contribution >= 4 is 21.8 Å². The molecule has 0 fully saturated rings. The van der Waals surface area contributed by atoms with Crippen LogP contribution in [0.2, 0.25) is 0 Å². The average molecular weight is 425 g/mol. The smallest absolute Gasteiger partial charge is 0.370 e. The van der Waals surface area contributed by atoms with E-state index in [4.69, 9.17) is 10.6 Å². The van der Waals surface area contributed by atoms with Crippen LogP contribution in [-0.2, 0) is 30.6 Å². The Hall–Kier alpha value is -2.18. The summed E-state index contributed by atoms with van der Waals surface area (Å²) in [5.74, 6) is -1.61. The molecule has 1 atom stereocenters. The van der Waals surface area contributed by atoms with Crippen LogP contribution < -0.4 is 15.9 Å². The fraction of sp³-hybridized carbons (Fsp3) is 0.500. The Kier molecular flexibility index (Phi) is 8.39. The molecule has 0 aromatic heterocycles. The van der Waals surface area contributed by atoms with Crippen LogP contribution in [0.25, 0.3) is 0 Å². The number of hydroxylamine groups is 1. The van der Waals surface area contributed by atoms with Crippen LogP contribution in [-0.4, -0.2) is 32.9 Å². The van der Waals surface area contributed by atoms with Gasteiger partial charge in [0.05, 0.1) is 17.1 Å². The minimum atomic E-state index is -4.74. The third-order valence-electron chi connectivity index (χ3n) is 3.35. The standard InChI is InChI=1S/C16H22F3N3O5S/c1-10(2)9-27-21-15(24)13(6-7-14(20)23)22-28(25,26)12-5-3-4-11(8-12)16(17,18)19/h3-5,8,10,13,22H,6-7,9H2,1-2H3,(H2,20,23)(H,21,24)/t13-/m1/s1. The molecule has 12 heteroatoms. The molecule has 1 aromatic carbocycles. The molecule has 8 nitrogen and oxygen atoms in total. The molecule has 28 heavy (non-hydrogen) atoms.